The molecule has 1 aromatic rings. The molecule has 1 fully saturated rings. The minimum Gasteiger partial charge on any atom is -0.493 e. The number of fused-ring (bicyclic) bond motifs is 1. The van der Waals surface area contributed by atoms with Crippen molar-refractivity contribution in [3.05, 3.63) is 29.8 Å². The second-order valence-electron chi connectivity index (χ2n) is 5.87. The predicted molar refractivity (Wildman–Crippen MR) is 80.3 cm³/mol. The highest BCUT2D eigenvalue weighted by Gasteiger charge is 2.34. The van der Waals surface area contributed by atoms with Gasteiger partial charge in [-0.2, -0.15) is 0 Å². The van der Waals surface area contributed by atoms with E-state index < -0.39 is 13.1 Å². The van der Waals surface area contributed by atoms with Gasteiger partial charge in [-0.25, -0.2) is 0 Å². The number of ether oxygens (including phenoxy) is 2. The van der Waals surface area contributed by atoms with Gasteiger partial charge < -0.3 is 24.8 Å². The topological polar surface area (TPSA) is 88.0 Å². The molecule has 0 aliphatic carbocycles. The average molecular weight is 305 g/mol. The van der Waals surface area contributed by atoms with E-state index in [1.807, 2.05) is 24.3 Å². The average Bonchev–Trinajstić information content (AvgIpc) is 3.16. The molecule has 3 rings (SSSR count). The molecule has 1 aromatic carbocycles. The molecule has 1 unspecified atom stereocenters. The number of hydrogen-bond acceptors (Lipinski definition) is 5. The lowest BCUT2D eigenvalue weighted by atomic mass is 9.73. The van der Waals surface area contributed by atoms with Crippen molar-refractivity contribution >= 4 is 13.0 Å². The second-order valence-corrected chi connectivity index (χ2v) is 5.87. The lowest BCUT2D eigenvalue weighted by Gasteiger charge is -2.22. The Balaban J connectivity index is 1.64. The number of rotatable bonds is 5. The smallest absolute Gasteiger partial charge is 0.475 e. The second kappa shape index (κ2) is 6.68. The molecule has 2 heterocycles. The standard InChI is InChI=1S/C15H20BNO5/c18-15(10-5-6-21-8-10)17-14(16(19)20)7-11-9-22-13-4-2-1-3-12(11)13/h1-4,10-11,14,19-20H,5-9H2,(H,17,18)/t10-,11-,14?/m1/s1. The zero-order valence-electron chi connectivity index (χ0n) is 12.3. The Kier molecular flexibility index (Phi) is 4.66. The zero-order chi connectivity index (χ0) is 15.5. The molecule has 0 bridgehead atoms. The first-order valence-electron chi connectivity index (χ1n) is 7.61. The Hall–Kier alpha value is -1.57. The third kappa shape index (κ3) is 3.26. The first-order valence-corrected chi connectivity index (χ1v) is 7.61. The maximum absolute atomic E-state index is 12.1. The van der Waals surface area contributed by atoms with Crippen LogP contribution in [-0.4, -0.2) is 48.8 Å². The van der Waals surface area contributed by atoms with Gasteiger partial charge in [0.05, 0.1) is 25.1 Å². The van der Waals surface area contributed by atoms with Crippen LogP contribution < -0.4 is 10.1 Å². The van der Waals surface area contributed by atoms with E-state index in [2.05, 4.69) is 5.32 Å². The fourth-order valence-electron chi connectivity index (χ4n) is 3.03. The number of amides is 1. The van der Waals surface area contributed by atoms with Gasteiger partial charge in [-0.15, -0.1) is 0 Å². The summed E-state index contributed by atoms with van der Waals surface area (Å²) in [6, 6.07) is 7.70. The first-order chi connectivity index (χ1) is 10.6. The van der Waals surface area contributed by atoms with Gasteiger partial charge in [0.2, 0.25) is 5.91 Å². The summed E-state index contributed by atoms with van der Waals surface area (Å²) in [4.78, 5) is 12.1. The van der Waals surface area contributed by atoms with Crippen LogP contribution in [-0.2, 0) is 9.53 Å². The highest BCUT2D eigenvalue weighted by atomic mass is 16.5. The Labute approximate surface area is 129 Å². The largest absolute Gasteiger partial charge is 0.493 e. The van der Waals surface area contributed by atoms with Gasteiger partial charge in [0, 0.05) is 18.1 Å². The molecule has 1 saturated heterocycles. The summed E-state index contributed by atoms with van der Waals surface area (Å²) in [5, 5.41) is 21.9. The maximum Gasteiger partial charge on any atom is 0.475 e. The Morgan fingerprint density at radius 1 is 1.36 bits per heavy atom. The van der Waals surface area contributed by atoms with Crippen molar-refractivity contribution in [3.63, 3.8) is 0 Å². The van der Waals surface area contributed by atoms with Crippen molar-refractivity contribution in [2.75, 3.05) is 19.8 Å². The molecule has 0 saturated carbocycles. The monoisotopic (exact) mass is 305 g/mol. The van der Waals surface area contributed by atoms with Crippen molar-refractivity contribution in [3.8, 4) is 5.75 Å². The van der Waals surface area contributed by atoms with Gasteiger partial charge in [-0.1, -0.05) is 18.2 Å². The summed E-state index contributed by atoms with van der Waals surface area (Å²) < 4.78 is 10.8. The SMILES string of the molecule is O=C(NC(C[C@@H]1COc2ccccc21)B(O)O)[C@@H]1CCOC1. The Bertz CT molecular complexity index is 532. The summed E-state index contributed by atoms with van der Waals surface area (Å²) in [5.41, 5.74) is 1.05. The van der Waals surface area contributed by atoms with Crippen LogP contribution in [0.5, 0.6) is 5.75 Å². The van der Waals surface area contributed by atoms with Crippen molar-refractivity contribution in [1.82, 2.24) is 5.32 Å². The van der Waals surface area contributed by atoms with E-state index >= 15 is 0 Å². The van der Waals surface area contributed by atoms with E-state index in [0.29, 0.717) is 32.7 Å². The summed E-state index contributed by atoms with van der Waals surface area (Å²) in [5.74, 6) is -0.221. The number of carbonyl (C=O) groups is 1. The van der Waals surface area contributed by atoms with Crippen LogP contribution in [0.25, 0.3) is 0 Å². The van der Waals surface area contributed by atoms with Crippen LogP contribution in [0.4, 0.5) is 0 Å². The normalized spacial score (nSPS) is 24.5. The van der Waals surface area contributed by atoms with Crippen molar-refractivity contribution < 1.29 is 24.3 Å². The third-order valence-electron chi connectivity index (χ3n) is 4.33. The van der Waals surface area contributed by atoms with Gasteiger partial charge >= 0.3 is 7.12 Å². The van der Waals surface area contributed by atoms with Crippen molar-refractivity contribution in [1.29, 1.82) is 0 Å². The molecule has 1 amide bonds. The molecule has 2 aliphatic rings. The molecule has 3 atom stereocenters. The number of benzene rings is 1. The van der Waals surface area contributed by atoms with E-state index in [4.69, 9.17) is 9.47 Å². The van der Waals surface area contributed by atoms with E-state index in [-0.39, 0.29) is 17.7 Å². The minimum atomic E-state index is -1.60. The molecular weight excluding hydrogens is 285 g/mol. The number of para-hydroxylation sites is 1. The highest BCUT2D eigenvalue weighted by Crippen LogP contribution is 2.36. The van der Waals surface area contributed by atoms with E-state index in [0.717, 1.165) is 11.3 Å². The van der Waals surface area contributed by atoms with Crippen LogP contribution in [0, 0.1) is 5.92 Å². The molecule has 2 aliphatic heterocycles. The molecule has 3 N–H and O–H groups in total. The molecular formula is C15H20BNO5. The lowest BCUT2D eigenvalue weighted by molar-refractivity contribution is -0.125. The maximum atomic E-state index is 12.1. The van der Waals surface area contributed by atoms with E-state index in [1.165, 1.54) is 0 Å². The summed E-state index contributed by atoms with van der Waals surface area (Å²) >= 11 is 0. The third-order valence-corrected chi connectivity index (χ3v) is 4.33. The van der Waals surface area contributed by atoms with Crippen LogP contribution >= 0.6 is 0 Å². The Morgan fingerprint density at radius 3 is 2.91 bits per heavy atom. The fourth-order valence-corrected chi connectivity index (χ4v) is 3.03. The van der Waals surface area contributed by atoms with Gasteiger partial charge in [0.1, 0.15) is 5.75 Å². The fraction of sp³-hybridized carbons (Fsp3) is 0.533. The highest BCUT2D eigenvalue weighted by molar-refractivity contribution is 6.43. The van der Waals surface area contributed by atoms with Crippen LogP contribution in [0.15, 0.2) is 24.3 Å². The number of nitrogens with one attached hydrogen (secondary N) is 1. The molecule has 0 spiro atoms. The molecule has 22 heavy (non-hydrogen) atoms. The van der Waals surface area contributed by atoms with E-state index in [1.54, 1.807) is 0 Å². The summed E-state index contributed by atoms with van der Waals surface area (Å²) in [6.45, 7) is 1.47. The van der Waals surface area contributed by atoms with Crippen molar-refractivity contribution in [2.24, 2.45) is 5.92 Å². The molecule has 6 nitrogen and oxygen atoms in total. The molecule has 118 valence electrons. The number of carbonyl (C=O) groups excluding carboxylic acids is 1. The summed E-state index contributed by atoms with van der Waals surface area (Å²) in [6.07, 6.45) is 1.10. The van der Waals surface area contributed by atoms with Crippen LogP contribution in [0.3, 0.4) is 0 Å². The first kappa shape index (κ1) is 15.3. The predicted octanol–water partition coefficient (Wildman–Crippen LogP) is 0.0860. The van der Waals surface area contributed by atoms with Crippen LogP contribution in [0.2, 0.25) is 0 Å². The van der Waals surface area contributed by atoms with Crippen LogP contribution in [0.1, 0.15) is 24.3 Å². The Morgan fingerprint density at radius 2 is 2.18 bits per heavy atom. The van der Waals surface area contributed by atoms with Gasteiger partial charge in [0.25, 0.3) is 0 Å². The minimum absolute atomic E-state index is 0.0446. The molecule has 0 radical (unpaired) electrons. The van der Waals surface area contributed by atoms with Gasteiger partial charge in [-0.3, -0.25) is 4.79 Å². The van der Waals surface area contributed by atoms with Crippen molar-refractivity contribution in [2.45, 2.75) is 24.7 Å². The van der Waals surface area contributed by atoms with E-state index in [9.17, 15) is 14.8 Å². The van der Waals surface area contributed by atoms with Gasteiger partial charge in [0.15, 0.2) is 0 Å². The number of hydrogen-bond donors (Lipinski definition) is 3. The molecule has 7 heteroatoms. The quantitative estimate of drug-likeness (QED) is 0.671. The lowest BCUT2D eigenvalue weighted by Crippen LogP contribution is -2.49. The van der Waals surface area contributed by atoms with Gasteiger partial charge in [-0.05, 0) is 18.9 Å². The zero-order valence-corrected chi connectivity index (χ0v) is 12.3. The molecule has 0 aromatic heterocycles. The summed E-state index contributed by atoms with van der Waals surface area (Å²) in [7, 11) is -1.60.